The smallest absolute Gasteiger partial charge is 0.255 e. The van der Waals surface area contributed by atoms with Gasteiger partial charge in [-0.25, -0.2) is 0 Å². The number of piperazine rings is 1. The molecule has 2 heterocycles. The van der Waals surface area contributed by atoms with Gasteiger partial charge in [0.15, 0.2) is 0 Å². The molecule has 1 saturated heterocycles. The van der Waals surface area contributed by atoms with Gasteiger partial charge in [-0.15, -0.1) is 0 Å². The fraction of sp³-hybridized carbons (Fsp3) is 0.478. The first-order valence-electron chi connectivity index (χ1n) is 10.5. The highest BCUT2D eigenvalue weighted by atomic mass is 16.5. The molecular formula is C23H32N4O2. The van der Waals surface area contributed by atoms with Gasteiger partial charge >= 0.3 is 0 Å². The number of aromatic nitrogens is 1. The van der Waals surface area contributed by atoms with E-state index in [1.807, 2.05) is 29.3 Å². The molecule has 0 radical (unpaired) electrons. The summed E-state index contributed by atoms with van der Waals surface area (Å²) in [4.78, 5) is 24.0. The first kappa shape index (κ1) is 21.0. The van der Waals surface area contributed by atoms with Crippen LogP contribution in [0.2, 0.25) is 0 Å². The Bertz CT molecular complexity index is 780. The van der Waals surface area contributed by atoms with E-state index in [2.05, 4.69) is 40.8 Å². The minimum atomic E-state index is 0.0710. The number of rotatable bonds is 8. The molecule has 0 bridgehead atoms. The quantitative estimate of drug-likeness (QED) is 0.681. The number of amides is 1. The zero-order valence-corrected chi connectivity index (χ0v) is 17.8. The predicted molar refractivity (Wildman–Crippen MR) is 118 cm³/mol. The van der Waals surface area contributed by atoms with Crippen LogP contribution in [0.5, 0.6) is 5.75 Å². The largest absolute Gasteiger partial charge is 0.497 e. The molecule has 0 spiro atoms. The van der Waals surface area contributed by atoms with Gasteiger partial charge in [-0.2, -0.15) is 0 Å². The monoisotopic (exact) mass is 396 g/mol. The van der Waals surface area contributed by atoms with E-state index in [0.29, 0.717) is 18.7 Å². The Balaban J connectivity index is 1.63. The standard InChI is InChI=1S/C23H32N4O2/c1-4-10-25(11-5-2)21-16-19(17-24-18-21)23(28)27-14-12-26(13-15-27)20-6-8-22(29-3)9-7-20/h6-9,16-18H,4-5,10-15H2,1-3H3. The molecule has 1 aromatic carbocycles. The maximum absolute atomic E-state index is 13.0. The van der Waals surface area contributed by atoms with Gasteiger partial charge in [-0.3, -0.25) is 9.78 Å². The predicted octanol–water partition coefficient (Wildman–Crippen LogP) is 3.68. The topological polar surface area (TPSA) is 48.9 Å². The van der Waals surface area contributed by atoms with E-state index < -0.39 is 0 Å². The lowest BCUT2D eigenvalue weighted by Crippen LogP contribution is -2.48. The first-order chi connectivity index (χ1) is 14.2. The second-order valence-electron chi connectivity index (χ2n) is 7.40. The number of hydrogen-bond acceptors (Lipinski definition) is 5. The maximum Gasteiger partial charge on any atom is 0.255 e. The lowest BCUT2D eigenvalue weighted by molar-refractivity contribution is 0.0746. The third-order valence-electron chi connectivity index (χ3n) is 5.33. The van der Waals surface area contributed by atoms with E-state index in [9.17, 15) is 4.79 Å². The van der Waals surface area contributed by atoms with Crippen molar-refractivity contribution < 1.29 is 9.53 Å². The zero-order valence-electron chi connectivity index (χ0n) is 17.8. The summed E-state index contributed by atoms with van der Waals surface area (Å²) in [5.41, 5.74) is 2.88. The summed E-state index contributed by atoms with van der Waals surface area (Å²) in [7, 11) is 1.67. The van der Waals surface area contributed by atoms with Crippen LogP contribution in [-0.2, 0) is 0 Å². The summed E-state index contributed by atoms with van der Waals surface area (Å²) in [5.74, 6) is 0.928. The molecule has 1 fully saturated rings. The van der Waals surface area contributed by atoms with Gasteiger partial charge < -0.3 is 19.4 Å². The second kappa shape index (κ2) is 10.1. The van der Waals surface area contributed by atoms with Crippen molar-refractivity contribution in [3.8, 4) is 5.75 Å². The summed E-state index contributed by atoms with van der Waals surface area (Å²) >= 11 is 0. The molecule has 1 aliphatic heterocycles. The van der Waals surface area contributed by atoms with E-state index in [4.69, 9.17) is 4.74 Å². The Labute approximate surface area is 174 Å². The van der Waals surface area contributed by atoms with Gasteiger partial charge in [0.1, 0.15) is 5.75 Å². The molecule has 29 heavy (non-hydrogen) atoms. The van der Waals surface area contributed by atoms with Gasteiger partial charge in [0.25, 0.3) is 5.91 Å². The van der Waals surface area contributed by atoms with Gasteiger partial charge in [-0.1, -0.05) is 13.8 Å². The van der Waals surface area contributed by atoms with E-state index in [-0.39, 0.29) is 5.91 Å². The van der Waals surface area contributed by atoms with Crippen LogP contribution in [0.3, 0.4) is 0 Å². The third-order valence-corrected chi connectivity index (χ3v) is 5.33. The normalized spacial score (nSPS) is 14.0. The van der Waals surface area contributed by atoms with Crippen LogP contribution in [0, 0.1) is 0 Å². The van der Waals surface area contributed by atoms with Crippen molar-refractivity contribution in [2.45, 2.75) is 26.7 Å². The molecule has 0 unspecified atom stereocenters. The summed E-state index contributed by atoms with van der Waals surface area (Å²) in [6, 6.07) is 10.1. The molecule has 6 nitrogen and oxygen atoms in total. The minimum Gasteiger partial charge on any atom is -0.497 e. The van der Waals surface area contributed by atoms with Crippen LogP contribution in [0.1, 0.15) is 37.0 Å². The lowest BCUT2D eigenvalue weighted by Gasteiger charge is -2.36. The average molecular weight is 397 g/mol. The average Bonchev–Trinajstić information content (AvgIpc) is 2.79. The van der Waals surface area contributed by atoms with Crippen molar-refractivity contribution in [2.75, 3.05) is 56.2 Å². The molecule has 1 amide bonds. The van der Waals surface area contributed by atoms with Crippen LogP contribution in [-0.4, -0.2) is 62.2 Å². The number of ether oxygens (including phenoxy) is 1. The van der Waals surface area contributed by atoms with E-state index >= 15 is 0 Å². The van der Waals surface area contributed by atoms with Crippen LogP contribution in [0.4, 0.5) is 11.4 Å². The number of hydrogen-bond donors (Lipinski definition) is 0. The Hall–Kier alpha value is -2.76. The molecule has 156 valence electrons. The number of nitrogens with zero attached hydrogens (tertiary/aromatic N) is 4. The number of carbonyl (C=O) groups excluding carboxylic acids is 1. The fourth-order valence-corrected chi connectivity index (χ4v) is 3.77. The highest BCUT2D eigenvalue weighted by Gasteiger charge is 2.23. The first-order valence-corrected chi connectivity index (χ1v) is 10.5. The van der Waals surface area contributed by atoms with Crippen molar-refractivity contribution >= 4 is 17.3 Å². The number of benzene rings is 1. The number of carbonyl (C=O) groups is 1. The molecule has 1 aromatic heterocycles. The molecule has 2 aromatic rings. The van der Waals surface area contributed by atoms with E-state index in [1.54, 1.807) is 13.3 Å². The van der Waals surface area contributed by atoms with Crippen LogP contribution in [0.25, 0.3) is 0 Å². The highest BCUT2D eigenvalue weighted by molar-refractivity contribution is 5.95. The molecule has 6 heteroatoms. The van der Waals surface area contributed by atoms with E-state index in [1.165, 1.54) is 0 Å². The molecule has 1 aliphatic rings. The Morgan fingerprint density at radius 2 is 1.69 bits per heavy atom. The molecular weight excluding hydrogens is 364 g/mol. The molecule has 3 rings (SSSR count). The van der Waals surface area contributed by atoms with Crippen LogP contribution < -0.4 is 14.5 Å². The summed E-state index contributed by atoms with van der Waals surface area (Å²) < 4.78 is 5.23. The molecule has 0 aliphatic carbocycles. The SMILES string of the molecule is CCCN(CCC)c1cncc(C(=O)N2CCN(c3ccc(OC)cc3)CC2)c1. The van der Waals surface area contributed by atoms with Crippen molar-refractivity contribution in [1.82, 2.24) is 9.88 Å². The summed E-state index contributed by atoms with van der Waals surface area (Å²) in [6.07, 6.45) is 5.71. The number of anilines is 2. The minimum absolute atomic E-state index is 0.0710. The van der Waals surface area contributed by atoms with Crippen molar-refractivity contribution in [2.24, 2.45) is 0 Å². The molecule has 0 atom stereocenters. The lowest BCUT2D eigenvalue weighted by atomic mass is 10.2. The van der Waals surface area contributed by atoms with Gasteiger partial charge in [0.05, 0.1) is 24.6 Å². The van der Waals surface area contributed by atoms with Gasteiger partial charge in [0, 0.05) is 51.2 Å². The van der Waals surface area contributed by atoms with E-state index in [0.717, 1.165) is 56.1 Å². The highest BCUT2D eigenvalue weighted by Crippen LogP contribution is 2.22. The Morgan fingerprint density at radius 3 is 2.28 bits per heavy atom. The second-order valence-corrected chi connectivity index (χ2v) is 7.40. The van der Waals surface area contributed by atoms with Gasteiger partial charge in [-0.05, 0) is 43.2 Å². The van der Waals surface area contributed by atoms with Crippen molar-refractivity contribution in [1.29, 1.82) is 0 Å². The van der Waals surface area contributed by atoms with Gasteiger partial charge in [0.2, 0.25) is 0 Å². The Morgan fingerprint density at radius 1 is 1.03 bits per heavy atom. The zero-order chi connectivity index (χ0) is 20.6. The van der Waals surface area contributed by atoms with Crippen LogP contribution in [0.15, 0.2) is 42.7 Å². The van der Waals surface area contributed by atoms with Crippen molar-refractivity contribution in [3.63, 3.8) is 0 Å². The summed E-state index contributed by atoms with van der Waals surface area (Å²) in [5, 5.41) is 0. The number of methoxy groups -OCH3 is 1. The molecule has 0 saturated carbocycles. The summed E-state index contributed by atoms with van der Waals surface area (Å²) in [6.45, 7) is 9.37. The number of pyridine rings is 1. The Kier molecular flexibility index (Phi) is 7.33. The molecule has 0 N–H and O–H groups in total. The van der Waals surface area contributed by atoms with Crippen molar-refractivity contribution in [3.05, 3.63) is 48.3 Å². The maximum atomic E-state index is 13.0. The fourth-order valence-electron chi connectivity index (χ4n) is 3.77. The third kappa shape index (κ3) is 5.19. The van der Waals surface area contributed by atoms with Crippen LogP contribution >= 0.6 is 0 Å².